The van der Waals surface area contributed by atoms with Crippen molar-refractivity contribution in [1.82, 2.24) is 4.90 Å². The zero-order valence-electron chi connectivity index (χ0n) is 11.4. The van der Waals surface area contributed by atoms with Gasteiger partial charge < -0.3 is 14.7 Å². The lowest BCUT2D eigenvalue weighted by atomic mass is 10.1. The number of amides is 1. The molecule has 20 heavy (non-hydrogen) atoms. The number of carbonyl (C=O) groups is 2. The Labute approximate surface area is 117 Å². The average molecular weight is 276 g/mol. The van der Waals surface area contributed by atoms with Gasteiger partial charge in [-0.1, -0.05) is 0 Å². The molecule has 6 heteroatoms. The smallest absolute Gasteiger partial charge is 0.335 e. The van der Waals surface area contributed by atoms with Crippen LogP contribution in [0.4, 0.5) is 0 Å². The van der Waals surface area contributed by atoms with Crippen molar-refractivity contribution in [2.75, 3.05) is 20.2 Å². The molecule has 1 aromatic rings. The molecule has 0 atom stereocenters. The third kappa shape index (κ3) is 4.28. The van der Waals surface area contributed by atoms with Gasteiger partial charge >= 0.3 is 5.97 Å². The third-order valence-electron chi connectivity index (χ3n) is 2.78. The summed E-state index contributed by atoms with van der Waals surface area (Å²) in [6.07, 6.45) is 0.272. The Morgan fingerprint density at radius 1 is 1.45 bits per heavy atom. The van der Waals surface area contributed by atoms with E-state index in [1.54, 1.807) is 20.0 Å². The topological polar surface area (TPSA) is 90.6 Å². The van der Waals surface area contributed by atoms with E-state index >= 15 is 0 Å². The Morgan fingerprint density at radius 2 is 2.15 bits per heavy atom. The molecule has 0 bridgehead atoms. The molecule has 0 fully saturated rings. The fourth-order valence-electron chi connectivity index (χ4n) is 1.56. The van der Waals surface area contributed by atoms with Gasteiger partial charge in [0.1, 0.15) is 5.75 Å². The standard InChI is InChI=1S/C14H16N2O4/c1-10-8-11(4-5-12(10)14(18)19)20-9-13(17)16(2)7-3-6-15/h4-5,8H,3,7,9H2,1-2H3,(H,18,19). The van der Waals surface area contributed by atoms with Crippen molar-refractivity contribution in [3.8, 4) is 11.8 Å². The Kier molecular flexibility index (Phi) is 5.54. The van der Waals surface area contributed by atoms with Crippen LogP contribution in [0.1, 0.15) is 22.3 Å². The van der Waals surface area contributed by atoms with E-state index in [1.165, 1.54) is 17.0 Å². The van der Waals surface area contributed by atoms with Crippen LogP contribution in [-0.4, -0.2) is 42.1 Å². The molecule has 0 aliphatic carbocycles. The maximum Gasteiger partial charge on any atom is 0.335 e. The fraction of sp³-hybridized carbons (Fsp3) is 0.357. The number of nitrogens with zero attached hydrogens (tertiary/aromatic N) is 2. The molecule has 0 spiro atoms. The molecule has 6 nitrogen and oxygen atoms in total. The highest BCUT2D eigenvalue weighted by Crippen LogP contribution is 2.17. The second-order valence-electron chi connectivity index (χ2n) is 4.29. The van der Waals surface area contributed by atoms with Crippen molar-refractivity contribution >= 4 is 11.9 Å². The van der Waals surface area contributed by atoms with Crippen molar-refractivity contribution in [3.63, 3.8) is 0 Å². The Morgan fingerprint density at radius 3 is 2.70 bits per heavy atom. The van der Waals surface area contributed by atoms with Crippen LogP contribution in [0.3, 0.4) is 0 Å². The summed E-state index contributed by atoms with van der Waals surface area (Å²) < 4.78 is 5.32. The zero-order chi connectivity index (χ0) is 15.1. The molecule has 106 valence electrons. The molecule has 0 radical (unpaired) electrons. The summed E-state index contributed by atoms with van der Waals surface area (Å²) in [5.74, 6) is -0.795. The van der Waals surface area contributed by atoms with Crippen LogP contribution in [0, 0.1) is 18.3 Å². The van der Waals surface area contributed by atoms with Crippen molar-refractivity contribution in [2.24, 2.45) is 0 Å². The summed E-state index contributed by atoms with van der Waals surface area (Å²) in [6.45, 7) is 1.88. The molecule has 0 heterocycles. The third-order valence-corrected chi connectivity index (χ3v) is 2.78. The number of hydrogen-bond donors (Lipinski definition) is 1. The number of hydrogen-bond acceptors (Lipinski definition) is 4. The van der Waals surface area contributed by atoms with Gasteiger partial charge in [0.05, 0.1) is 18.1 Å². The minimum Gasteiger partial charge on any atom is -0.484 e. The maximum absolute atomic E-state index is 11.7. The van der Waals surface area contributed by atoms with E-state index in [-0.39, 0.29) is 24.5 Å². The summed E-state index contributed by atoms with van der Waals surface area (Å²) >= 11 is 0. The summed E-state index contributed by atoms with van der Waals surface area (Å²) in [6, 6.07) is 6.49. The first-order chi connectivity index (χ1) is 9.45. The van der Waals surface area contributed by atoms with Gasteiger partial charge in [-0.05, 0) is 30.7 Å². The average Bonchev–Trinajstić information content (AvgIpc) is 2.41. The van der Waals surface area contributed by atoms with Crippen LogP contribution in [0.15, 0.2) is 18.2 Å². The van der Waals surface area contributed by atoms with Crippen LogP contribution in [0.25, 0.3) is 0 Å². The predicted octanol–water partition coefficient (Wildman–Crippen LogP) is 1.44. The van der Waals surface area contributed by atoms with E-state index in [2.05, 4.69) is 0 Å². The maximum atomic E-state index is 11.7. The molecule has 0 unspecified atom stereocenters. The molecular weight excluding hydrogens is 260 g/mol. The van der Waals surface area contributed by atoms with Crippen molar-refractivity contribution < 1.29 is 19.4 Å². The molecule has 0 aliphatic heterocycles. The number of nitriles is 1. The molecule has 1 N–H and O–H groups in total. The van der Waals surface area contributed by atoms with Gasteiger partial charge in [0, 0.05) is 13.6 Å². The van der Waals surface area contributed by atoms with E-state index < -0.39 is 5.97 Å². The SMILES string of the molecule is Cc1cc(OCC(=O)N(C)CCC#N)ccc1C(=O)O. The Bertz CT molecular complexity index is 549. The number of aryl methyl sites for hydroxylation is 1. The van der Waals surface area contributed by atoms with Gasteiger partial charge in [-0.15, -0.1) is 0 Å². The molecule has 0 aromatic heterocycles. The normalized spacial score (nSPS) is 9.65. The van der Waals surface area contributed by atoms with Crippen molar-refractivity contribution in [2.45, 2.75) is 13.3 Å². The van der Waals surface area contributed by atoms with Crippen LogP contribution >= 0.6 is 0 Å². The molecule has 0 saturated carbocycles. The van der Waals surface area contributed by atoms with Gasteiger partial charge in [0.2, 0.25) is 0 Å². The highest BCUT2D eigenvalue weighted by Gasteiger charge is 2.11. The highest BCUT2D eigenvalue weighted by molar-refractivity contribution is 5.89. The Hall–Kier alpha value is -2.55. The van der Waals surface area contributed by atoms with Gasteiger partial charge in [-0.2, -0.15) is 5.26 Å². The van der Waals surface area contributed by atoms with E-state index in [0.29, 0.717) is 17.9 Å². The van der Waals surface area contributed by atoms with E-state index in [0.717, 1.165) is 0 Å². The first kappa shape index (κ1) is 15.5. The Balaban J connectivity index is 2.58. The zero-order valence-corrected chi connectivity index (χ0v) is 11.4. The van der Waals surface area contributed by atoms with E-state index in [4.69, 9.17) is 15.1 Å². The number of carboxylic acid groups (broad SMARTS) is 1. The van der Waals surface area contributed by atoms with Crippen molar-refractivity contribution in [1.29, 1.82) is 5.26 Å². The molecule has 1 amide bonds. The number of rotatable bonds is 6. The number of carbonyl (C=O) groups excluding carboxylic acids is 1. The van der Waals surface area contributed by atoms with Gasteiger partial charge in [0.15, 0.2) is 6.61 Å². The minimum atomic E-state index is -0.999. The largest absolute Gasteiger partial charge is 0.484 e. The van der Waals surface area contributed by atoms with Gasteiger partial charge in [0.25, 0.3) is 5.91 Å². The minimum absolute atomic E-state index is 0.145. The summed E-state index contributed by atoms with van der Waals surface area (Å²) in [7, 11) is 1.60. The van der Waals surface area contributed by atoms with Crippen LogP contribution in [0.5, 0.6) is 5.75 Å². The fourth-order valence-corrected chi connectivity index (χ4v) is 1.56. The number of likely N-dealkylation sites (N-methyl/N-ethyl adjacent to an activating group) is 1. The second-order valence-corrected chi connectivity index (χ2v) is 4.29. The van der Waals surface area contributed by atoms with Gasteiger partial charge in [-0.25, -0.2) is 4.79 Å². The molecule has 1 aromatic carbocycles. The van der Waals surface area contributed by atoms with E-state index in [9.17, 15) is 9.59 Å². The van der Waals surface area contributed by atoms with Crippen LogP contribution in [0.2, 0.25) is 0 Å². The lowest BCUT2D eigenvalue weighted by Crippen LogP contribution is -2.32. The van der Waals surface area contributed by atoms with Crippen molar-refractivity contribution in [3.05, 3.63) is 29.3 Å². The predicted molar refractivity (Wildman–Crippen MR) is 71.5 cm³/mol. The number of aromatic carboxylic acids is 1. The summed E-state index contributed by atoms with van der Waals surface area (Å²) in [5, 5.41) is 17.3. The monoisotopic (exact) mass is 276 g/mol. The van der Waals surface area contributed by atoms with Gasteiger partial charge in [-0.3, -0.25) is 4.79 Å². The molecular formula is C14H16N2O4. The number of carboxylic acids is 1. The van der Waals surface area contributed by atoms with Crippen LogP contribution in [-0.2, 0) is 4.79 Å². The lowest BCUT2D eigenvalue weighted by Gasteiger charge is -2.16. The number of benzene rings is 1. The molecule has 0 aliphatic rings. The number of ether oxygens (including phenoxy) is 1. The van der Waals surface area contributed by atoms with E-state index in [1.807, 2.05) is 6.07 Å². The highest BCUT2D eigenvalue weighted by atomic mass is 16.5. The first-order valence-corrected chi connectivity index (χ1v) is 6.03. The summed E-state index contributed by atoms with van der Waals surface area (Å²) in [4.78, 5) is 24.0. The van der Waals surface area contributed by atoms with Crippen LogP contribution < -0.4 is 4.74 Å². The quantitative estimate of drug-likeness (QED) is 0.849. The second kappa shape index (κ2) is 7.14. The molecule has 0 saturated heterocycles. The summed E-state index contributed by atoms with van der Waals surface area (Å²) in [5.41, 5.74) is 0.773. The lowest BCUT2D eigenvalue weighted by molar-refractivity contribution is -0.131. The molecule has 1 rings (SSSR count). The first-order valence-electron chi connectivity index (χ1n) is 6.03.